The normalized spacial score (nSPS) is 11.1. The summed E-state index contributed by atoms with van der Waals surface area (Å²) < 4.78 is -0.0766. The van der Waals surface area contributed by atoms with Crippen LogP contribution >= 0.6 is 0 Å². The number of halogens is 1. The smallest absolute Gasteiger partial charge is 0.205 e. The Bertz CT molecular complexity index is 438. The highest BCUT2D eigenvalue weighted by Crippen LogP contribution is 2.24. The Morgan fingerprint density at radius 2 is 2.06 bits per heavy atom. The van der Waals surface area contributed by atoms with Crippen molar-refractivity contribution in [3.05, 3.63) is 34.4 Å². The summed E-state index contributed by atoms with van der Waals surface area (Å²) in [5, 5.41) is 26.4. The third kappa shape index (κ3) is 5.04. The van der Waals surface area contributed by atoms with Crippen molar-refractivity contribution in [3.8, 4) is 0 Å². The van der Waals surface area contributed by atoms with Gasteiger partial charge < -0.3 is 17.5 Å². The van der Waals surface area contributed by atoms with Gasteiger partial charge in [-0.1, -0.05) is 17.2 Å². The molecule has 0 saturated heterocycles. The number of nitro groups is 1. The Labute approximate surface area is 110 Å². The van der Waals surface area contributed by atoms with Crippen molar-refractivity contribution >= 4 is 11.4 Å². The number of aliphatic hydroxyl groups excluding tert-OH is 1. The fourth-order valence-corrected chi connectivity index (χ4v) is 0.951. The molecule has 0 aliphatic heterocycles. The van der Waals surface area contributed by atoms with E-state index in [1.54, 1.807) is 32.3 Å². The van der Waals surface area contributed by atoms with Crippen LogP contribution in [0.3, 0.4) is 0 Å². The van der Waals surface area contributed by atoms with Gasteiger partial charge in [0, 0.05) is 5.22 Å². The van der Waals surface area contributed by atoms with E-state index in [4.69, 9.17) is 5.11 Å². The number of hydrogen-bond acceptors (Lipinski definition) is 5. The van der Waals surface area contributed by atoms with Crippen molar-refractivity contribution < 1.29 is 27.1 Å². The molecule has 0 aliphatic rings. The second-order valence-electron chi connectivity index (χ2n) is 3.84. The molecule has 0 saturated carbocycles. The molecule has 1 aromatic rings. The predicted molar refractivity (Wildman–Crippen MR) is 60.8 cm³/mol. The van der Waals surface area contributed by atoms with Gasteiger partial charge in [0.05, 0.1) is 14.1 Å². The lowest BCUT2D eigenvalue weighted by molar-refractivity contribution is -0.919. The summed E-state index contributed by atoms with van der Waals surface area (Å²) in [6.07, 6.45) is 0. The summed E-state index contributed by atoms with van der Waals surface area (Å²) >= 11 is 0. The first-order valence-electron chi connectivity index (χ1n) is 4.82. The molecule has 2 N–H and O–H groups in total. The highest BCUT2D eigenvalue weighted by atomic mass is 35.5. The van der Waals surface area contributed by atoms with Gasteiger partial charge in [-0.3, -0.25) is 0 Å². The zero-order chi connectivity index (χ0) is 12.9. The van der Waals surface area contributed by atoms with Gasteiger partial charge in [-0.15, -0.1) is 5.43 Å². The number of anilines is 1. The van der Waals surface area contributed by atoms with Gasteiger partial charge in [0.2, 0.25) is 6.73 Å². The molecule has 9 heteroatoms. The van der Waals surface area contributed by atoms with E-state index in [-0.39, 0.29) is 29.4 Å². The maximum Gasteiger partial charge on any atom is 0.205 e. The van der Waals surface area contributed by atoms with Gasteiger partial charge in [-0.05, 0) is 12.1 Å². The van der Waals surface area contributed by atoms with Gasteiger partial charge in [0.15, 0.2) is 5.03 Å². The van der Waals surface area contributed by atoms with Crippen LogP contribution in [0.2, 0.25) is 0 Å². The predicted octanol–water partition coefficient (Wildman–Crippen LogP) is -1.68. The highest BCUT2D eigenvalue weighted by molar-refractivity contribution is 5.63. The van der Waals surface area contributed by atoms with Crippen LogP contribution in [-0.4, -0.2) is 35.6 Å². The minimum Gasteiger partial charge on any atom is -1.00 e. The zero-order valence-corrected chi connectivity index (χ0v) is 10.7. The van der Waals surface area contributed by atoms with E-state index in [0.29, 0.717) is 5.69 Å². The average molecular weight is 276 g/mol. The van der Waals surface area contributed by atoms with E-state index in [9.17, 15) is 10.1 Å². The molecule has 0 unspecified atom stereocenters. The Kier molecular flexibility index (Phi) is 6.17. The number of hydrazine groups is 1. The lowest BCUT2D eigenvalue weighted by Gasteiger charge is -2.16. The molecule has 0 atom stereocenters. The number of nitrogens with one attached hydrogen (secondary N) is 1. The first kappa shape index (κ1) is 16.2. The fraction of sp³-hybridized carbons (Fsp3) is 0.333. The van der Waals surface area contributed by atoms with E-state index < -0.39 is 5.03 Å². The van der Waals surface area contributed by atoms with E-state index in [0.717, 1.165) is 0 Å². The molecule has 0 bridgehead atoms. The molecule has 0 amide bonds. The van der Waals surface area contributed by atoms with E-state index in [2.05, 4.69) is 10.3 Å². The average Bonchev–Trinajstić information content (AvgIpc) is 2.27. The minimum absolute atomic E-state index is 0. The molecule has 1 rings (SSSR count). The number of rotatable bonds is 5. The SMILES string of the molecule is C[N+](C)(CO)N=Nc1ccccc1N[N+](=O)[O-].[Cl-]. The summed E-state index contributed by atoms with van der Waals surface area (Å²) in [4.78, 5) is 10.4. The van der Waals surface area contributed by atoms with Crippen LogP contribution in [-0.2, 0) is 0 Å². The topological polar surface area (TPSA) is 100 Å². The zero-order valence-electron chi connectivity index (χ0n) is 9.95. The molecule has 0 heterocycles. The van der Waals surface area contributed by atoms with Crippen molar-refractivity contribution in [2.45, 2.75) is 0 Å². The van der Waals surface area contributed by atoms with Crippen LogP contribution in [0, 0.1) is 10.1 Å². The van der Waals surface area contributed by atoms with Crippen molar-refractivity contribution in [1.82, 2.24) is 0 Å². The fourth-order valence-electron chi connectivity index (χ4n) is 0.951. The summed E-state index contributed by atoms with van der Waals surface area (Å²) in [6.45, 7) is -0.214. The van der Waals surface area contributed by atoms with Crippen molar-refractivity contribution in [2.75, 3.05) is 26.3 Å². The third-order valence-electron chi connectivity index (χ3n) is 1.86. The summed E-state index contributed by atoms with van der Waals surface area (Å²) in [5.74, 6) is 0. The number of quaternary nitrogens is 1. The number of nitrogens with zero attached hydrogens (tertiary/aromatic N) is 4. The van der Waals surface area contributed by atoms with Gasteiger partial charge in [-0.25, -0.2) is 10.1 Å². The number of para-hydroxylation sites is 1. The van der Waals surface area contributed by atoms with Crippen LogP contribution in [0.5, 0.6) is 0 Å². The third-order valence-corrected chi connectivity index (χ3v) is 1.86. The highest BCUT2D eigenvalue weighted by Gasteiger charge is 2.13. The van der Waals surface area contributed by atoms with Crippen LogP contribution in [0.15, 0.2) is 34.6 Å². The van der Waals surface area contributed by atoms with Crippen molar-refractivity contribution in [2.24, 2.45) is 10.3 Å². The van der Waals surface area contributed by atoms with Crippen molar-refractivity contribution in [1.29, 1.82) is 0 Å². The molecule has 8 nitrogen and oxygen atoms in total. The van der Waals surface area contributed by atoms with Gasteiger partial charge >= 0.3 is 0 Å². The largest absolute Gasteiger partial charge is 1.00 e. The van der Waals surface area contributed by atoms with Crippen LogP contribution in [0.1, 0.15) is 0 Å². The lowest BCUT2D eigenvalue weighted by Crippen LogP contribution is -3.00. The minimum atomic E-state index is -0.666. The monoisotopic (exact) mass is 275 g/mol. The summed E-state index contributed by atoms with van der Waals surface area (Å²) in [7, 11) is 3.29. The second kappa shape index (κ2) is 6.84. The van der Waals surface area contributed by atoms with E-state index >= 15 is 0 Å². The molecule has 0 aromatic heterocycles. The molecule has 1 aromatic carbocycles. The Morgan fingerprint density at radius 1 is 1.44 bits per heavy atom. The lowest BCUT2D eigenvalue weighted by atomic mass is 10.3. The quantitative estimate of drug-likeness (QED) is 0.220. The number of aliphatic hydroxyl groups is 1. The molecule has 0 aliphatic carbocycles. The molecular formula is C9H14ClN5O3. The second-order valence-corrected chi connectivity index (χ2v) is 3.84. The summed E-state index contributed by atoms with van der Waals surface area (Å²) in [5.41, 5.74) is 2.61. The van der Waals surface area contributed by atoms with Crippen LogP contribution in [0.4, 0.5) is 11.4 Å². The van der Waals surface area contributed by atoms with Gasteiger partial charge in [-0.2, -0.15) is 4.59 Å². The Balaban J connectivity index is 0.00000289. The molecule has 18 heavy (non-hydrogen) atoms. The molecule has 0 radical (unpaired) electrons. The molecule has 0 spiro atoms. The first-order chi connectivity index (χ1) is 7.94. The Hall–Kier alpha value is -1.77. The van der Waals surface area contributed by atoms with Crippen LogP contribution < -0.4 is 17.8 Å². The standard InChI is InChI=1S/C9H14N5O3.ClH/c1-14(2,7-15)12-10-8-5-3-4-6-9(8)11-13(16)17;/h3-6,11,15H,7H2,1-2H3;1H/q+1;/p-1. The maximum absolute atomic E-state index is 10.4. The van der Waals surface area contributed by atoms with E-state index in [1.807, 2.05) is 5.43 Å². The first-order valence-corrected chi connectivity index (χ1v) is 4.82. The molecule has 100 valence electrons. The molecular weight excluding hydrogens is 262 g/mol. The van der Waals surface area contributed by atoms with Crippen LogP contribution in [0.25, 0.3) is 0 Å². The maximum atomic E-state index is 10.4. The van der Waals surface area contributed by atoms with Crippen molar-refractivity contribution in [3.63, 3.8) is 0 Å². The molecule has 0 fully saturated rings. The van der Waals surface area contributed by atoms with E-state index in [1.165, 1.54) is 6.07 Å². The number of benzene rings is 1. The number of hydrogen-bond donors (Lipinski definition) is 2. The Morgan fingerprint density at radius 3 is 2.61 bits per heavy atom. The summed E-state index contributed by atoms with van der Waals surface area (Å²) in [6, 6.07) is 6.46. The van der Waals surface area contributed by atoms with Gasteiger partial charge in [0.25, 0.3) is 0 Å². The van der Waals surface area contributed by atoms with Gasteiger partial charge in [0.1, 0.15) is 11.4 Å².